The Bertz CT molecular complexity index is 10.8. The van der Waals surface area contributed by atoms with Crippen LogP contribution in [-0.4, -0.2) is 0 Å². The van der Waals surface area contributed by atoms with Crippen molar-refractivity contribution >= 4 is 21.3 Å². The first kappa shape index (κ1) is 24.8. The Morgan fingerprint density at radius 3 is 1.33 bits per heavy atom. The second kappa shape index (κ2) is 28.7. The van der Waals surface area contributed by atoms with Crippen molar-refractivity contribution in [1.82, 2.24) is 0 Å². The first-order chi connectivity index (χ1) is 1.41. The number of rotatable bonds is 0. The Hall–Kier alpha value is 1.88. The molecular formula is H4Cl3OPZn. The van der Waals surface area contributed by atoms with Crippen molar-refractivity contribution in [3.05, 3.63) is 0 Å². The third-order valence-electron chi connectivity index (χ3n) is 0. The van der Waals surface area contributed by atoms with Crippen LogP contribution in [0.25, 0.3) is 0 Å². The summed E-state index contributed by atoms with van der Waals surface area (Å²) >= 11 is 4.56. The smallest absolute Gasteiger partial charge is 2.00 e. The molecule has 0 spiro atoms. The standard InChI is InChI=1S/ClH4OP.2ClH.Zn/c1-2-3;;;/h3H4;2*1H;/q;;;+2/p-2. The van der Waals surface area contributed by atoms with E-state index < -0.39 is 0 Å². The van der Waals surface area contributed by atoms with Crippen molar-refractivity contribution in [2.45, 2.75) is 0 Å². The topological polar surface area (TPSA) is 9.23 Å². The minimum Gasteiger partial charge on any atom is 2.00 e. The van der Waals surface area contributed by atoms with Gasteiger partial charge in [-0.25, -0.2) is 0 Å². The second-order valence-electron chi connectivity index (χ2n) is 0.154. The van der Waals surface area contributed by atoms with Gasteiger partial charge in [-0.1, -0.05) is 0 Å². The summed E-state index contributed by atoms with van der Waals surface area (Å²) in [5.74, 6) is 0. The largest absolute Gasteiger partial charge is 2.00 e. The van der Waals surface area contributed by atoms with Crippen LogP contribution in [0.4, 0.5) is 0 Å². The molecule has 0 saturated heterocycles. The number of hydrogen-bond donors (Lipinski definition) is 0. The van der Waals surface area contributed by atoms with Crippen LogP contribution in [0.2, 0.25) is 0 Å². The number of halogens is 3. The summed E-state index contributed by atoms with van der Waals surface area (Å²) in [6, 6.07) is 0. The van der Waals surface area contributed by atoms with Gasteiger partial charge in [0.2, 0.25) is 0 Å². The molecule has 0 unspecified atom stereocenters. The van der Waals surface area contributed by atoms with Gasteiger partial charge in [-0.3, -0.25) is 0 Å². The maximum Gasteiger partial charge on any atom is 2.00 e. The van der Waals surface area contributed by atoms with Crippen LogP contribution in [0.3, 0.4) is 0 Å². The van der Waals surface area contributed by atoms with Gasteiger partial charge in [0.1, 0.15) is 0 Å². The van der Waals surface area contributed by atoms with Gasteiger partial charge < -0.3 is 24.8 Å². The van der Waals surface area contributed by atoms with Gasteiger partial charge in [-0.2, -0.15) is 0 Å². The molecule has 0 rings (SSSR count). The predicted molar refractivity (Wildman–Crippen MR) is 19.4 cm³/mol. The van der Waals surface area contributed by atoms with E-state index >= 15 is 0 Å². The fourth-order valence-corrected chi connectivity index (χ4v) is 0. The molecule has 0 bridgehead atoms. The van der Waals surface area contributed by atoms with Crippen LogP contribution in [0.1, 0.15) is 0 Å². The van der Waals surface area contributed by atoms with Gasteiger partial charge in [0.05, 0.1) is 0 Å². The summed E-state index contributed by atoms with van der Waals surface area (Å²) in [7, 11) is 0.634. The molecule has 0 aliphatic carbocycles. The van der Waals surface area contributed by atoms with E-state index in [2.05, 4.69) is 15.9 Å². The Morgan fingerprint density at radius 2 is 1.33 bits per heavy atom. The summed E-state index contributed by atoms with van der Waals surface area (Å²) < 4.78 is 3.86. The van der Waals surface area contributed by atoms with Gasteiger partial charge in [0.25, 0.3) is 0 Å². The molecule has 0 fully saturated rings. The van der Waals surface area contributed by atoms with Gasteiger partial charge in [0, 0.05) is 0 Å². The van der Waals surface area contributed by atoms with Crippen molar-refractivity contribution in [2.24, 2.45) is 0 Å². The zero-order chi connectivity index (χ0) is 2.71. The van der Waals surface area contributed by atoms with Gasteiger partial charge in [-0.15, -0.1) is 0 Å². The van der Waals surface area contributed by atoms with E-state index in [1.807, 2.05) is 0 Å². The summed E-state index contributed by atoms with van der Waals surface area (Å²) in [6.07, 6.45) is 0. The molecule has 0 aromatic heterocycles. The molecule has 6 heavy (non-hydrogen) atoms. The molecule has 6 heteroatoms. The third-order valence-corrected chi connectivity index (χ3v) is 0. The van der Waals surface area contributed by atoms with E-state index in [9.17, 15) is 0 Å². The average Bonchev–Trinajstić information content (AvgIpc) is 0.918. The molecule has 1 nitrogen and oxygen atoms in total. The maximum absolute atomic E-state index is 4.56. The minimum absolute atomic E-state index is 0. The Morgan fingerprint density at radius 1 is 1.33 bits per heavy atom. The van der Waals surface area contributed by atoms with E-state index in [4.69, 9.17) is 0 Å². The molecule has 0 atom stereocenters. The molecule has 0 amide bonds. The van der Waals surface area contributed by atoms with Crippen molar-refractivity contribution in [3.8, 4) is 0 Å². The summed E-state index contributed by atoms with van der Waals surface area (Å²) in [5, 5.41) is 0. The minimum atomic E-state index is 0. The fraction of sp³-hybridized carbons (Fsp3) is 0. The van der Waals surface area contributed by atoms with Crippen LogP contribution in [-0.2, 0) is 23.6 Å². The molecule has 38 valence electrons. The van der Waals surface area contributed by atoms with E-state index in [1.54, 1.807) is 0 Å². The van der Waals surface area contributed by atoms with Gasteiger partial charge >= 0.3 is 44.9 Å². The van der Waals surface area contributed by atoms with Crippen molar-refractivity contribution in [3.63, 3.8) is 0 Å². The van der Waals surface area contributed by atoms with Crippen LogP contribution in [0, 0.1) is 0 Å². The Kier molecular flexibility index (Phi) is 118. The van der Waals surface area contributed by atoms with Crippen LogP contribution < -0.4 is 24.8 Å². The summed E-state index contributed by atoms with van der Waals surface area (Å²) in [5.41, 5.74) is 0. The van der Waals surface area contributed by atoms with Crippen molar-refractivity contribution in [1.29, 1.82) is 0 Å². The molecule has 0 radical (unpaired) electrons. The zero-order valence-corrected chi connectivity index (χ0v) is 10.5. The third kappa shape index (κ3) is 39.6. The maximum atomic E-state index is 4.56. The Balaban J connectivity index is -0.00000000667. The zero-order valence-electron chi connectivity index (χ0n) is 3.25. The molecule has 0 heterocycles. The molecule has 0 aliphatic rings. The molecule has 0 aromatic carbocycles. The van der Waals surface area contributed by atoms with Crippen molar-refractivity contribution in [2.75, 3.05) is 0 Å². The van der Waals surface area contributed by atoms with E-state index in [1.165, 1.54) is 0 Å². The van der Waals surface area contributed by atoms with Crippen LogP contribution in [0.15, 0.2) is 0 Å². The van der Waals surface area contributed by atoms with E-state index in [0.29, 0.717) is 9.47 Å². The Labute approximate surface area is 69.6 Å². The molecule has 0 aromatic rings. The summed E-state index contributed by atoms with van der Waals surface area (Å²) in [6.45, 7) is 0. The van der Waals surface area contributed by atoms with Crippen LogP contribution in [0.5, 0.6) is 0 Å². The quantitative estimate of drug-likeness (QED) is 0.294. The molecule has 0 aliphatic heterocycles. The SMILES string of the molecule is [Cl-].[Cl-].[PH4]OCl.[Zn+2]. The average molecular weight is 223 g/mol. The fourth-order valence-electron chi connectivity index (χ4n) is 0. The first-order valence-electron chi connectivity index (χ1n) is 0.563. The molecule has 0 N–H and O–H groups in total. The normalized spacial score (nSPS) is 3.17. The first-order valence-corrected chi connectivity index (χ1v) is 1.69. The molecular weight excluding hydrogens is 219 g/mol. The van der Waals surface area contributed by atoms with Crippen LogP contribution >= 0.6 is 21.3 Å². The van der Waals surface area contributed by atoms with E-state index in [0.717, 1.165) is 0 Å². The molecule has 0 saturated carbocycles. The summed E-state index contributed by atoms with van der Waals surface area (Å²) in [4.78, 5) is 0. The monoisotopic (exact) mass is 220 g/mol. The number of hydrogen-bond acceptors (Lipinski definition) is 1. The van der Waals surface area contributed by atoms with Gasteiger partial charge in [0.15, 0.2) is 0 Å². The second-order valence-corrected chi connectivity index (χ2v) is 1.39. The van der Waals surface area contributed by atoms with Crippen molar-refractivity contribution < 1.29 is 48.4 Å². The predicted octanol–water partition coefficient (Wildman–Crippen LogP) is -5.58. The van der Waals surface area contributed by atoms with Gasteiger partial charge in [-0.05, 0) is 0 Å². The van der Waals surface area contributed by atoms with E-state index in [-0.39, 0.29) is 44.3 Å².